The molecule has 1 amide bonds. The van der Waals surface area contributed by atoms with Gasteiger partial charge in [-0.15, -0.1) is 0 Å². The van der Waals surface area contributed by atoms with Crippen molar-refractivity contribution in [3.63, 3.8) is 0 Å². The molecule has 1 saturated carbocycles. The van der Waals surface area contributed by atoms with Crippen LogP contribution in [-0.2, 0) is 4.74 Å². The summed E-state index contributed by atoms with van der Waals surface area (Å²) in [6.45, 7) is 0. The minimum Gasteiger partial charge on any atom is -0.446 e. The second-order valence-corrected chi connectivity index (χ2v) is 2.36. The van der Waals surface area contributed by atoms with Crippen molar-refractivity contribution in [1.29, 1.82) is 0 Å². The molecule has 0 saturated heterocycles. The first kappa shape index (κ1) is 7.38. The largest absolute Gasteiger partial charge is 0.446 e. The molecule has 1 fully saturated rings. The molecule has 1 N–H and O–H groups in total. The van der Waals surface area contributed by atoms with E-state index < -0.39 is 0 Å². The second kappa shape index (κ2) is 3.44. The van der Waals surface area contributed by atoms with E-state index in [4.69, 9.17) is 4.74 Å². The lowest BCUT2D eigenvalue weighted by atomic mass is 10.3. The molecule has 1 aliphatic carbocycles. The van der Waals surface area contributed by atoms with Crippen LogP contribution in [0.15, 0.2) is 0 Å². The molecular formula is C7H12NO2. The maximum Gasteiger partial charge on any atom is 0.407 e. The van der Waals surface area contributed by atoms with Crippen LogP contribution in [-0.4, -0.2) is 19.2 Å². The number of ether oxygens (including phenoxy) is 1. The standard InChI is InChI=1S/C7H12NO2/c1-8-7(9)10-6-4-2-3-5-6/h4,6H,2-3,5H2,1H3,(H,8,9). The van der Waals surface area contributed by atoms with Crippen molar-refractivity contribution in [2.75, 3.05) is 7.05 Å². The minimum atomic E-state index is -0.330. The fourth-order valence-electron chi connectivity index (χ4n) is 1.04. The predicted octanol–water partition coefficient (Wildman–Crippen LogP) is 1.10. The third-order valence-electron chi connectivity index (χ3n) is 1.58. The Kier molecular flexibility index (Phi) is 2.54. The van der Waals surface area contributed by atoms with Crippen LogP contribution >= 0.6 is 0 Å². The van der Waals surface area contributed by atoms with E-state index in [0.717, 1.165) is 19.3 Å². The van der Waals surface area contributed by atoms with Gasteiger partial charge in [0.1, 0.15) is 6.10 Å². The Morgan fingerprint density at radius 3 is 3.10 bits per heavy atom. The van der Waals surface area contributed by atoms with Crippen LogP contribution in [0.25, 0.3) is 0 Å². The minimum absolute atomic E-state index is 0.0555. The average Bonchev–Trinajstić information content (AvgIpc) is 2.40. The molecule has 1 aliphatic rings. The van der Waals surface area contributed by atoms with Crippen molar-refractivity contribution in [2.24, 2.45) is 0 Å². The smallest absolute Gasteiger partial charge is 0.407 e. The third-order valence-corrected chi connectivity index (χ3v) is 1.58. The number of hydrogen-bond donors (Lipinski definition) is 1. The highest BCUT2D eigenvalue weighted by molar-refractivity contribution is 5.67. The van der Waals surface area contributed by atoms with E-state index in [9.17, 15) is 4.79 Å². The zero-order chi connectivity index (χ0) is 7.40. The van der Waals surface area contributed by atoms with E-state index in [1.165, 1.54) is 0 Å². The molecule has 1 radical (unpaired) electrons. The zero-order valence-electron chi connectivity index (χ0n) is 6.09. The van der Waals surface area contributed by atoms with Crippen molar-refractivity contribution >= 4 is 6.09 Å². The molecule has 0 bridgehead atoms. The van der Waals surface area contributed by atoms with Gasteiger partial charge in [-0.05, 0) is 19.3 Å². The Morgan fingerprint density at radius 1 is 1.80 bits per heavy atom. The van der Waals surface area contributed by atoms with Gasteiger partial charge in [-0.3, -0.25) is 0 Å². The number of carbonyl (C=O) groups excluding carboxylic acids is 1. The van der Waals surface area contributed by atoms with Crippen molar-refractivity contribution in [1.82, 2.24) is 5.32 Å². The van der Waals surface area contributed by atoms with Crippen LogP contribution in [0, 0.1) is 6.42 Å². The summed E-state index contributed by atoms with van der Waals surface area (Å²) in [6, 6.07) is 0. The molecule has 0 aliphatic heterocycles. The fraction of sp³-hybridized carbons (Fsp3) is 0.714. The van der Waals surface area contributed by atoms with Crippen LogP contribution in [0.1, 0.15) is 19.3 Å². The summed E-state index contributed by atoms with van der Waals surface area (Å²) in [4.78, 5) is 10.6. The topological polar surface area (TPSA) is 38.3 Å². The molecule has 10 heavy (non-hydrogen) atoms. The normalized spacial score (nSPS) is 18.9. The molecule has 1 unspecified atom stereocenters. The molecular weight excluding hydrogens is 130 g/mol. The summed E-state index contributed by atoms with van der Waals surface area (Å²) < 4.78 is 4.95. The number of carbonyl (C=O) groups is 1. The van der Waals surface area contributed by atoms with Gasteiger partial charge in [0, 0.05) is 13.5 Å². The van der Waals surface area contributed by atoms with E-state index in [-0.39, 0.29) is 12.2 Å². The highest BCUT2D eigenvalue weighted by atomic mass is 16.6. The molecule has 0 aromatic rings. The van der Waals surface area contributed by atoms with Crippen molar-refractivity contribution < 1.29 is 9.53 Å². The molecule has 3 nitrogen and oxygen atoms in total. The van der Waals surface area contributed by atoms with Crippen molar-refractivity contribution in [2.45, 2.75) is 25.4 Å². The first-order valence-electron chi connectivity index (χ1n) is 3.54. The first-order valence-corrected chi connectivity index (χ1v) is 3.54. The highest BCUT2D eigenvalue weighted by Gasteiger charge is 2.18. The van der Waals surface area contributed by atoms with Gasteiger partial charge in [0.2, 0.25) is 0 Å². The van der Waals surface area contributed by atoms with Gasteiger partial charge in [0.05, 0.1) is 0 Å². The number of nitrogens with one attached hydrogen (secondary N) is 1. The Hall–Kier alpha value is -0.730. The quantitative estimate of drug-likeness (QED) is 0.595. The maximum absolute atomic E-state index is 10.6. The molecule has 0 aromatic carbocycles. The van der Waals surface area contributed by atoms with Crippen molar-refractivity contribution in [3.8, 4) is 0 Å². The van der Waals surface area contributed by atoms with Gasteiger partial charge in [-0.25, -0.2) is 4.79 Å². The van der Waals surface area contributed by atoms with Crippen LogP contribution in [0.5, 0.6) is 0 Å². The van der Waals surface area contributed by atoms with Crippen LogP contribution in [0.2, 0.25) is 0 Å². The molecule has 3 heteroatoms. The molecule has 0 spiro atoms. The number of alkyl carbamates (subject to hydrolysis) is 1. The van der Waals surface area contributed by atoms with Gasteiger partial charge >= 0.3 is 6.09 Å². The Bertz CT molecular complexity index is 119. The molecule has 0 heterocycles. The monoisotopic (exact) mass is 142 g/mol. The summed E-state index contributed by atoms with van der Waals surface area (Å²) in [5.74, 6) is 0. The Balaban J connectivity index is 2.17. The van der Waals surface area contributed by atoms with Crippen LogP contribution in [0.4, 0.5) is 4.79 Å². The summed E-state index contributed by atoms with van der Waals surface area (Å²) in [5.41, 5.74) is 0. The van der Waals surface area contributed by atoms with E-state index >= 15 is 0 Å². The maximum atomic E-state index is 10.6. The van der Waals surface area contributed by atoms with Gasteiger partial charge in [0.15, 0.2) is 0 Å². The van der Waals surface area contributed by atoms with Gasteiger partial charge in [0.25, 0.3) is 0 Å². The van der Waals surface area contributed by atoms with Gasteiger partial charge in [-0.1, -0.05) is 0 Å². The molecule has 1 atom stereocenters. The summed E-state index contributed by atoms with van der Waals surface area (Å²) in [6.07, 6.45) is 4.95. The Morgan fingerprint density at radius 2 is 2.60 bits per heavy atom. The SMILES string of the molecule is CNC(=O)OC1[CH]CCC1. The average molecular weight is 142 g/mol. The predicted molar refractivity (Wildman–Crippen MR) is 37.5 cm³/mol. The number of hydrogen-bond acceptors (Lipinski definition) is 2. The number of amides is 1. The summed E-state index contributed by atoms with van der Waals surface area (Å²) in [5, 5.41) is 2.41. The lowest BCUT2D eigenvalue weighted by Crippen LogP contribution is -2.24. The Labute approximate surface area is 60.7 Å². The highest BCUT2D eigenvalue weighted by Crippen LogP contribution is 2.19. The molecule has 1 rings (SSSR count). The lowest BCUT2D eigenvalue weighted by Gasteiger charge is -2.09. The van der Waals surface area contributed by atoms with Crippen molar-refractivity contribution in [3.05, 3.63) is 6.42 Å². The summed E-state index contributed by atoms with van der Waals surface area (Å²) >= 11 is 0. The first-order chi connectivity index (χ1) is 4.83. The van der Waals surface area contributed by atoms with E-state index in [1.807, 2.05) is 6.42 Å². The lowest BCUT2D eigenvalue weighted by molar-refractivity contribution is 0.118. The van der Waals surface area contributed by atoms with Gasteiger partial charge in [-0.2, -0.15) is 0 Å². The fourth-order valence-corrected chi connectivity index (χ4v) is 1.04. The van der Waals surface area contributed by atoms with Crippen LogP contribution in [0.3, 0.4) is 0 Å². The zero-order valence-corrected chi connectivity index (χ0v) is 6.09. The second-order valence-electron chi connectivity index (χ2n) is 2.36. The van der Waals surface area contributed by atoms with E-state index in [1.54, 1.807) is 7.05 Å². The van der Waals surface area contributed by atoms with E-state index in [0.29, 0.717) is 0 Å². The molecule has 57 valence electrons. The third kappa shape index (κ3) is 1.90. The summed E-state index contributed by atoms with van der Waals surface area (Å²) in [7, 11) is 1.57. The van der Waals surface area contributed by atoms with E-state index in [2.05, 4.69) is 5.32 Å². The van der Waals surface area contributed by atoms with Gasteiger partial charge < -0.3 is 10.1 Å². The number of rotatable bonds is 1. The van der Waals surface area contributed by atoms with Crippen LogP contribution < -0.4 is 5.32 Å². The molecule has 0 aromatic heterocycles.